The highest BCUT2D eigenvalue weighted by atomic mass is 32.2. The predicted molar refractivity (Wildman–Crippen MR) is 101 cm³/mol. The van der Waals surface area contributed by atoms with Crippen LogP contribution in [0.5, 0.6) is 0 Å². The average Bonchev–Trinajstić information content (AvgIpc) is 3.21. The van der Waals surface area contributed by atoms with E-state index in [9.17, 15) is 4.79 Å². The van der Waals surface area contributed by atoms with Gasteiger partial charge in [-0.1, -0.05) is 44.7 Å². The maximum absolute atomic E-state index is 12.1. The molecule has 0 radical (unpaired) electrons. The number of anilines is 1. The molecule has 136 valence electrons. The van der Waals surface area contributed by atoms with Crippen LogP contribution in [0.3, 0.4) is 0 Å². The van der Waals surface area contributed by atoms with Crippen LogP contribution in [0.25, 0.3) is 11.5 Å². The molecular weight excluding hydrogens is 350 g/mol. The standard InChI is InChI=1S/C19H21N3O3S/c1-12-15(9-10-24-12)17-21-22-18(25-17)26-11-16(23)20-14-7-5-13(6-8-14)19(2,3)4/h5-10H,11H2,1-4H3,(H,20,23). The fourth-order valence-corrected chi connectivity index (χ4v) is 2.92. The van der Waals surface area contributed by atoms with Crippen LogP contribution < -0.4 is 5.32 Å². The number of benzene rings is 1. The van der Waals surface area contributed by atoms with Crippen molar-refractivity contribution < 1.29 is 13.6 Å². The van der Waals surface area contributed by atoms with Crippen molar-refractivity contribution in [2.45, 2.75) is 38.3 Å². The van der Waals surface area contributed by atoms with E-state index in [1.165, 1.54) is 17.3 Å². The minimum atomic E-state index is -0.127. The number of nitrogens with one attached hydrogen (secondary N) is 1. The monoisotopic (exact) mass is 371 g/mol. The fraction of sp³-hybridized carbons (Fsp3) is 0.316. The quantitative estimate of drug-likeness (QED) is 0.657. The van der Waals surface area contributed by atoms with Gasteiger partial charge < -0.3 is 14.2 Å². The van der Waals surface area contributed by atoms with Gasteiger partial charge in [0.2, 0.25) is 5.91 Å². The molecule has 1 N–H and O–H groups in total. The van der Waals surface area contributed by atoms with Crippen molar-refractivity contribution in [2.24, 2.45) is 0 Å². The Morgan fingerprint density at radius 3 is 2.50 bits per heavy atom. The van der Waals surface area contributed by atoms with Crippen LogP contribution in [0, 0.1) is 6.92 Å². The number of amides is 1. The molecule has 0 saturated heterocycles. The lowest BCUT2D eigenvalue weighted by Gasteiger charge is -2.19. The number of furan rings is 1. The number of nitrogens with zero attached hydrogens (tertiary/aromatic N) is 2. The third kappa shape index (κ3) is 4.35. The average molecular weight is 371 g/mol. The Labute approximate surface area is 156 Å². The highest BCUT2D eigenvalue weighted by molar-refractivity contribution is 7.99. The number of rotatable bonds is 5. The lowest BCUT2D eigenvalue weighted by Crippen LogP contribution is -2.15. The summed E-state index contributed by atoms with van der Waals surface area (Å²) in [6.45, 7) is 8.29. The Kier molecular flexibility index (Phi) is 5.18. The number of carbonyl (C=O) groups excluding carboxylic acids is 1. The zero-order chi connectivity index (χ0) is 18.7. The first kappa shape index (κ1) is 18.3. The number of thioether (sulfide) groups is 1. The molecule has 0 atom stereocenters. The predicted octanol–water partition coefficient (Wildman–Crippen LogP) is 4.67. The number of hydrogen-bond donors (Lipinski definition) is 1. The SMILES string of the molecule is Cc1occc1-c1nnc(SCC(=O)Nc2ccc(C(C)(C)C)cc2)o1. The summed E-state index contributed by atoms with van der Waals surface area (Å²) in [5, 5.41) is 11.2. The third-order valence-corrected chi connectivity index (χ3v) is 4.68. The van der Waals surface area contributed by atoms with Crippen LogP contribution >= 0.6 is 11.8 Å². The Hall–Kier alpha value is -2.54. The lowest BCUT2D eigenvalue weighted by molar-refractivity contribution is -0.113. The van der Waals surface area contributed by atoms with E-state index in [4.69, 9.17) is 8.83 Å². The van der Waals surface area contributed by atoms with E-state index < -0.39 is 0 Å². The minimum absolute atomic E-state index is 0.0847. The summed E-state index contributed by atoms with van der Waals surface area (Å²) < 4.78 is 10.8. The molecule has 0 saturated carbocycles. The summed E-state index contributed by atoms with van der Waals surface area (Å²) in [6.07, 6.45) is 1.57. The van der Waals surface area contributed by atoms with Gasteiger partial charge in [-0.25, -0.2) is 0 Å². The van der Waals surface area contributed by atoms with E-state index in [0.717, 1.165) is 11.3 Å². The molecule has 1 aromatic carbocycles. The first-order valence-electron chi connectivity index (χ1n) is 8.24. The van der Waals surface area contributed by atoms with Crippen molar-refractivity contribution in [3.05, 3.63) is 47.9 Å². The molecule has 1 amide bonds. The molecular formula is C19H21N3O3S. The molecule has 6 nitrogen and oxygen atoms in total. The topological polar surface area (TPSA) is 81.2 Å². The zero-order valence-corrected chi connectivity index (χ0v) is 16.0. The van der Waals surface area contributed by atoms with Gasteiger partial charge in [0.1, 0.15) is 5.76 Å². The molecule has 0 fully saturated rings. The maximum Gasteiger partial charge on any atom is 0.277 e. The fourth-order valence-electron chi connectivity index (χ4n) is 2.36. The van der Waals surface area contributed by atoms with Gasteiger partial charge >= 0.3 is 0 Å². The number of carbonyl (C=O) groups is 1. The Morgan fingerprint density at radius 1 is 1.15 bits per heavy atom. The number of aromatic nitrogens is 2. The van der Waals surface area contributed by atoms with E-state index >= 15 is 0 Å². The van der Waals surface area contributed by atoms with Crippen molar-refractivity contribution in [1.82, 2.24) is 10.2 Å². The van der Waals surface area contributed by atoms with Crippen molar-refractivity contribution in [3.8, 4) is 11.5 Å². The summed E-state index contributed by atoms with van der Waals surface area (Å²) in [6, 6.07) is 9.65. The molecule has 0 spiro atoms. The summed E-state index contributed by atoms with van der Waals surface area (Å²) in [5.74, 6) is 1.16. The molecule has 0 aliphatic heterocycles. The van der Waals surface area contributed by atoms with Crippen molar-refractivity contribution in [3.63, 3.8) is 0 Å². The Balaban J connectivity index is 1.55. The Bertz CT molecular complexity index is 891. The third-order valence-electron chi connectivity index (χ3n) is 3.86. The van der Waals surface area contributed by atoms with Crippen LogP contribution in [0.2, 0.25) is 0 Å². The Morgan fingerprint density at radius 2 is 1.88 bits per heavy atom. The van der Waals surface area contributed by atoms with E-state index in [1.807, 2.05) is 31.2 Å². The van der Waals surface area contributed by atoms with Gasteiger partial charge in [0, 0.05) is 5.69 Å². The molecule has 0 aliphatic carbocycles. The molecule has 2 heterocycles. The molecule has 0 bridgehead atoms. The first-order chi connectivity index (χ1) is 12.3. The summed E-state index contributed by atoms with van der Waals surface area (Å²) in [4.78, 5) is 12.1. The van der Waals surface area contributed by atoms with Crippen LogP contribution in [0.15, 0.2) is 50.7 Å². The number of hydrogen-bond acceptors (Lipinski definition) is 6. The second-order valence-electron chi connectivity index (χ2n) is 6.93. The van der Waals surface area contributed by atoms with Crippen LogP contribution in [-0.2, 0) is 10.2 Å². The van der Waals surface area contributed by atoms with Gasteiger partial charge in [0.15, 0.2) is 0 Å². The lowest BCUT2D eigenvalue weighted by atomic mass is 9.87. The molecule has 7 heteroatoms. The smallest absolute Gasteiger partial charge is 0.277 e. The summed E-state index contributed by atoms with van der Waals surface area (Å²) in [7, 11) is 0. The van der Waals surface area contributed by atoms with Crippen molar-refractivity contribution in [1.29, 1.82) is 0 Å². The largest absolute Gasteiger partial charge is 0.469 e. The maximum atomic E-state index is 12.1. The van der Waals surface area contributed by atoms with E-state index in [0.29, 0.717) is 16.9 Å². The van der Waals surface area contributed by atoms with E-state index in [2.05, 4.69) is 36.3 Å². The highest BCUT2D eigenvalue weighted by Gasteiger charge is 2.15. The van der Waals surface area contributed by atoms with Gasteiger partial charge in [-0.15, -0.1) is 10.2 Å². The van der Waals surface area contributed by atoms with Gasteiger partial charge in [-0.3, -0.25) is 4.79 Å². The number of aryl methyl sites for hydroxylation is 1. The van der Waals surface area contributed by atoms with Gasteiger partial charge in [-0.2, -0.15) is 0 Å². The summed E-state index contributed by atoms with van der Waals surface area (Å²) >= 11 is 1.20. The highest BCUT2D eigenvalue weighted by Crippen LogP contribution is 2.27. The second kappa shape index (κ2) is 7.37. The van der Waals surface area contributed by atoms with Gasteiger partial charge in [-0.05, 0) is 36.1 Å². The van der Waals surface area contributed by atoms with Crippen LogP contribution in [0.4, 0.5) is 5.69 Å². The molecule has 3 aromatic rings. The first-order valence-corrected chi connectivity index (χ1v) is 9.22. The molecule has 3 rings (SSSR count). The van der Waals surface area contributed by atoms with Gasteiger partial charge in [0.25, 0.3) is 11.1 Å². The minimum Gasteiger partial charge on any atom is -0.469 e. The molecule has 26 heavy (non-hydrogen) atoms. The molecule has 0 aliphatic rings. The van der Waals surface area contributed by atoms with Gasteiger partial charge in [0.05, 0.1) is 17.6 Å². The summed E-state index contributed by atoms with van der Waals surface area (Å²) in [5.41, 5.74) is 2.83. The van der Waals surface area contributed by atoms with Crippen molar-refractivity contribution in [2.75, 3.05) is 11.1 Å². The zero-order valence-electron chi connectivity index (χ0n) is 15.2. The van der Waals surface area contributed by atoms with Crippen LogP contribution in [0.1, 0.15) is 32.1 Å². The van der Waals surface area contributed by atoms with Crippen LogP contribution in [-0.4, -0.2) is 21.9 Å². The molecule has 2 aromatic heterocycles. The van der Waals surface area contributed by atoms with E-state index in [-0.39, 0.29) is 17.1 Å². The normalized spacial score (nSPS) is 11.5. The van der Waals surface area contributed by atoms with Crippen molar-refractivity contribution >= 4 is 23.4 Å². The van der Waals surface area contributed by atoms with E-state index in [1.54, 1.807) is 12.3 Å². The molecule has 0 unspecified atom stereocenters. The second-order valence-corrected chi connectivity index (χ2v) is 7.85.